The molecular formula is C13H13Cl2NO. The first-order valence-electron chi connectivity index (χ1n) is 5.33. The molecule has 2 nitrogen and oxygen atoms in total. The van der Waals surface area contributed by atoms with Crippen LogP contribution < -0.4 is 5.32 Å². The van der Waals surface area contributed by atoms with Gasteiger partial charge < -0.3 is 9.73 Å². The Morgan fingerprint density at radius 2 is 1.76 bits per heavy atom. The molecule has 17 heavy (non-hydrogen) atoms. The van der Waals surface area contributed by atoms with Gasteiger partial charge in [-0.05, 0) is 44.2 Å². The van der Waals surface area contributed by atoms with Gasteiger partial charge in [0.1, 0.15) is 11.5 Å². The molecule has 0 fully saturated rings. The lowest BCUT2D eigenvalue weighted by atomic mass is 10.2. The van der Waals surface area contributed by atoms with E-state index in [1.165, 1.54) is 0 Å². The molecule has 0 saturated heterocycles. The van der Waals surface area contributed by atoms with Gasteiger partial charge in [-0.3, -0.25) is 0 Å². The second-order valence-electron chi connectivity index (χ2n) is 3.97. The van der Waals surface area contributed by atoms with Gasteiger partial charge in [0.2, 0.25) is 0 Å². The molecule has 0 aliphatic rings. The highest BCUT2D eigenvalue weighted by Gasteiger charge is 2.09. The average molecular weight is 270 g/mol. The van der Waals surface area contributed by atoms with E-state index < -0.39 is 0 Å². The molecule has 0 aliphatic heterocycles. The SMILES string of the molecule is Cc1ccc(C(C)Nc2cc(Cl)cc(Cl)c2)o1. The van der Waals surface area contributed by atoms with Crippen molar-refractivity contribution in [2.75, 3.05) is 5.32 Å². The third kappa shape index (κ3) is 3.18. The van der Waals surface area contributed by atoms with Crippen LogP contribution in [-0.4, -0.2) is 0 Å². The highest BCUT2D eigenvalue weighted by Crippen LogP contribution is 2.26. The van der Waals surface area contributed by atoms with Gasteiger partial charge in [-0.1, -0.05) is 23.2 Å². The number of halogens is 2. The summed E-state index contributed by atoms with van der Waals surface area (Å²) in [6.07, 6.45) is 0. The van der Waals surface area contributed by atoms with Gasteiger partial charge in [-0.25, -0.2) is 0 Å². The van der Waals surface area contributed by atoms with Crippen LogP contribution in [0, 0.1) is 6.92 Å². The van der Waals surface area contributed by atoms with Crippen LogP contribution in [0.5, 0.6) is 0 Å². The van der Waals surface area contributed by atoms with Gasteiger partial charge in [0.25, 0.3) is 0 Å². The van der Waals surface area contributed by atoms with Crippen molar-refractivity contribution in [2.45, 2.75) is 19.9 Å². The maximum Gasteiger partial charge on any atom is 0.126 e. The van der Waals surface area contributed by atoms with Crippen LogP contribution in [0.4, 0.5) is 5.69 Å². The molecule has 1 heterocycles. The van der Waals surface area contributed by atoms with Crippen LogP contribution in [0.15, 0.2) is 34.7 Å². The molecule has 0 bridgehead atoms. The highest BCUT2D eigenvalue weighted by molar-refractivity contribution is 6.35. The molecule has 0 radical (unpaired) electrons. The fraction of sp³-hybridized carbons (Fsp3) is 0.231. The fourth-order valence-electron chi connectivity index (χ4n) is 1.64. The Morgan fingerprint density at radius 3 is 2.29 bits per heavy atom. The summed E-state index contributed by atoms with van der Waals surface area (Å²) in [5.74, 6) is 1.79. The van der Waals surface area contributed by atoms with E-state index in [1.807, 2.05) is 38.1 Å². The van der Waals surface area contributed by atoms with Gasteiger partial charge in [0.05, 0.1) is 6.04 Å². The number of hydrogen-bond donors (Lipinski definition) is 1. The first kappa shape index (κ1) is 12.3. The van der Waals surface area contributed by atoms with Crippen molar-refractivity contribution in [3.8, 4) is 0 Å². The Labute approximate surface area is 111 Å². The van der Waals surface area contributed by atoms with Gasteiger partial charge in [-0.15, -0.1) is 0 Å². The molecule has 90 valence electrons. The van der Waals surface area contributed by atoms with Crippen LogP contribution in [0.1, 0.15) is 24.5 Å². The number of anilines is 1. The Bertz CT molecular complexity index is 502. The molecule has 2 aromatic rings. The second-order valence-corrected chi connectivity index (χ2v) is 4.85. The summed E-state index contributed by atoms with van der Waals surface area (Å²) < 4.78 is 5.55. The Balaban J connectivity index is 2.15. The maximum absolute atomic E-state index is 5.94. The first-order valence-corrected chi connectivity index (χ1v) is 6.09. The van der Waals surface area contributed by atoms with E-state index >= 15 is 0 Å². The Kier molecular flexibility index (Phi) is 3.65. The fourth-order valence-corrected chi connectivity index (χ4v) is 2.17. The van der Waals surface area contributed by atoms with Crippen LogP contribution in [0.25, 0.3) is 0 Å². The summed E-state index contributed by atoms with van der Waals surface area (Å²) in [6.45, 7) is 3.94. The lowest BCUT2D eigenvalue weighted by Crippen LogP contribution is -2.05. The number of benzene rings is 1. The van der Waals surface area contributed by atoms with E-state index in [4.69, 9.17) is 27.6 Å². The third-order valence-corrected chi connectivity index (χ3v) is 2.87. The summed E-state index contributed by atoms with van der Waals surface area (Å²) in [4.78, 5) is 0. The zero-order chi connectivity index (χ0) is 12.4. The van der Waals surface area contributed by atoms with E-state index in [1.54, 1.807) is 6.07 Å². The molecule has 1 unspecified atom stereocenters. The monoisotopic (exact) mass is 269 g/mol. The van der Waals surface area contributed by atoms with Crippen LogP contribution >= 0.6 is 23.2 Å². The number of hydrogen-bond acceptors (Lipinski definition) is 2. The van der Waals surface area contributed by atoms with E-state index in [-0.39, 0.29) is 6.04 Å². The molecule has 1 aromatic carbocycles. The zero-order valence-corrected chi connectivity index (χ0v) is 11.1. The molecule has 0 aliphatic carbocycles. The number of aryl methyl sites for hydroxylation is 1. The third-order valence-electron chi connectivity index (χ3n) is 2.43. The Hall–Kier alpha value is -1.12. The maximum atomic E-state index is 5.94. The number of rotatable bonds is 3. The van der Waals surface area contributed by atoms with Gasteiger partial charge in [-0.2, -0.15) is 0 Å². The largest absolute Gasteiger partial charge is 0.464 e. The van der Waals surface area contributed by atoms with Crippen molar-refractivity contribution < 1.29 is 4.42 Å². The van der Waals surface area contributed by atoms with Crippen LogP contribution in [-0.2, 0) is 0 Å². The molecule has 1 N–H and O–H groups in total. The number of nitrogens with one attached hydrogen (secondary N) is 1. The Morgan fingerprint density at radius 1 is 1.12 bits per heavy atom. The smallest absolute Gasteiger partial charge is 0.126 e. The minimum absolute atomic E-state index is 0.0678. The quantitative estimate of drug-likeness (QED) is 0.842. The van der Waals surface area contributed by atoms with Crippen LogP contribution in [0.2, 0.25) is 10.0 Å². The van der Waals surface area contributed by atoms with E-state index in [0.29, 0.717) is 10.0 Å². The van der Waals surface area contributed by atoms with E-state index in [0.717, 1.165) is 17.2 Å². The molecule has 1 atom stereocenters. The van der Waals surface area contributed by atoms with Gasteiger partial charge >= 0.3 is 0 Å². The van der Waals surface area contributed by atoms with E-state index in [9.17, 15) is 0 Å². The standard InChI is InChI=1S/C13H13Cl2NO/c1-8-3-4-13(17-8)9(2)16-12-6-10(14)5-11(15)7-12/h3-7,9,16H,1-2H3. The molecule has 0 spiro atoms. The number of furan rings is 1. The zero-order valence-electron chi connectivity index (χ0n) is 9.63. The molecule has 0 amide bonds. The summed E-state index contributed by atoms with van der Waals surface area (Å²) in [5.41, 5.74) is 0.879. The van der Waals surface area contributed by atoms with Crippen molar-refractivity contribution in [3.05, 3.63) is 51.9 Å². The minimum Gasteiger partial charge on any atom is -0.464 e. The first-order chi connectivity index (χ1) is 8.04. The van der Waals surface area contributed by atoms with Crippen molar-refractivity contribution in [3.63, 3.8) is 0 Å². The van der Waals surface area contributed by atoms with Crippen molar-refractivity contribution in [1.82, 2.24) is 0 Å². The predicted octanol–water partition coefficient (Wildman–Crippen LogP) is 5.07. The van der Waals surface area contributed by atoms with E-state index in [2.05, 4.69) is 5.32 Å². The predicted molar refractivity (Wildman–Crippen MR) is 71.9 cm³/mol. The summed E-state index contributed by atoms with van der Waals surface area (Å²) in [7, 11) is 0. The molecular weight excluding hydrogens is 257 g/mol. The molecule has 2 rings (SSSR count). The summed E-state index contributed by atoms with van der Waals surface area (Å²) in [6, 6.07) is 9.34. The average Bonchev–Trinajstić information content (AvgIpc) is 2.63. The normalized spacial score (nSPS) is 12.5. The lowest BCUT2D eigenvalue weighted by molar-refractivity contribution is 0.467. The second kappa shape index (κ2) is 5.03. The van der Waals surface area contributed by atoms with Crippen molar-refractivity contribution in [2.24, 2.45) is 0 Å². The topological polar surface area (TPSA) is 25.2 Å². The summed E-state index contributed by atoms with van der Waals surface area (Å²) >= 11 is 11.9. The highest BCUT2D eigenvalue weighted by atomic mass is 35.5. The molecule has 1 aromatic heterocycles. The van der Waals surface area contributed by atoms with Crippen LogP contribution in [0.3, 0.4) is 0 Å². The van der Waals surface area contributed by atoms with Crippen molar-refractivity contribution in [1.29, 1.82) is 0 Å². The molecule has 0 saturated carbocycles. The van der Waals surface area contributed by atoms with Gasteiger partial charge in [0, 0.05) is 15.7 Å². The minimum atomic E-state index is 0.0678. The molecule has 4 heteroatoms. The van der Waals surface area contributed by atoms with Gasteiger partial charge in [0.15, 0.2) is 0 Å². The summed E-state index contributed by atoms with van der Waals surface area (Å²) in [5, 5.41) is 4.52. The van der Waals surface area contributed by atoms with Crippen molar-refractivity contribution >= 4 is 28.9 Å². The lowest BCUT2D eigenvalue weighted by Gasteiger charge is -2.13.